The van der Waals surface area contributed by atoms with Crippen molar-refractivity contribution in [2.24, 2.45) is 0 Å². The maximum atomic E-state index is 13.3. The Hall–Kier alpha value is -1.68. The second-order valence-electron chi connectivity index (χ2n) is 4.62. The zero-order chi connectivity index (χ0) is 12.4. The maximum Gasteiger partial charge on any atom is 0.161 e. The molecule has 1 aromatic heterocycles. The van der Waals surface area contributed by atoms with Gasteiger partial charge in [-0.25, -0.2) is 4.39 Å². The van der Waals surface area contributed by atoms with Crippen molar-refractivity contribution in [3.63, 3.8) is 0 Å². The van der Waals surface area contributed by atoms with E-state index in [1.807, 2.05) is 6.07 Å². The second-order valence-corrected chi connectivity index (χ2v) is 4.62. The van der Waals surface area contributed by atoms with Gasteiger partial charge in [-0.2, -0.15) is 0 Å². The number of hydrogen-bond donors (Lipinski definition) is 1. The van der Waals surface area contributed by atoms with Gasteiger partial charge >= 0.3 is 0 Å². The normalized spacial score (nSPS) is 19.9. The summed E-state index contributed by atoms with van der Waals surface area (Å²) in [6.45, 7) is 0.994. The molecule has 0 aliphatic carbocycles. The summed E-state index contributed by atoms with van der Waals surface area (Å²) >= 11 is 0. The van der Waals surface area contributed by atoms with Crippen molar-refractivity contribution in [2.45, 2.75) is 25.3 Å². The summed E-state index contributed by atoms with van der Waals surface area (Å²) in [6, 6.07) is 6.73. The van der Waals surface area contributed by atoms with E-state index in [1.54, 1.807) is 12.3 Å². The third kappa shape index (κ3) is 2.16. The number of nitrogens with one attached hydrogen (secondary N) is 1. The highest BCUT2D eigenvalue weighted by Crippen LogP contribution is 2.32. The number of halogens is 1. The lowest BCUT2D eigenvalue weighted by molar-refractivity contribution is 0.306. The molecule has 1 atom stereocenters. The number of hydrogen-bond acceptors (Lipinski definition) is 3. The molecule has 4 heteroatoms. The Bertz CT molecular complexity index is 532. The van der Waals surface area contributed by atoms with E-state index in [0.717, 1.165) is 29.9 Å². The molecule has 1 aliphatic heterocycles. The molecule has 1 aromatic carbocycles. The van der Waals surface area contributed by atoms with Crippen LogP contribution < -0.4 is 5.32 Å². The number of piperidine rings is 1. The molecule has 1 aliphatic rings. The Kier molecular flexibility index (Phi) is 3.11. The van der Waals surface area contributed by atoms with E-state index >= 15 is 0 Å². The molecule has 0 spiro atoms. The molecule has 0 amide bonds. The monoisotopic (exact) mass is 246 g/mol. The van der Waals surface area contributed by atoms with Crippen molar-refractivity contribution < 1.29 is 8.91 Å². The smallest absolute Gasteiger partial charge is 0.161 e. The van der Waals surface area contributed by atoms with Crippen LogP contribution in [-0.4, -0.2) is 11.7 Å². The zero-order valence-corrected chi connectivity index (χ0v) is 10.0. The van der Waals surface area contributed by atoms with Crippen LogP contribution in [0.1, 0.15) is 31.1 Å². The Morgan fingerprint density at radius 2 is 2.28 bits per heavy atom. The molecular formula is C14H15FN2O. The highest BCUT2D eigenvalue weighted by Gasteiger charge is 2.22. The molecular weight excluding hydrogens is 231 g/mol. The Balaban J connectivity index is 1.95. The van der Waals surface area contributed by atoms with Gasteiger partial charge in [0, 0.05) is 5.56 Å². The predicted octanol–water partition coefficient (Wildman–Crippen LogP) is 3.30. The summed E-state index contributed by atoms with van der Waals surface area (Å²) in [5.74, 6) is 0.580. The van der Waals surface area contributed by atoms with Gasteiger partial charge in [0.25, 0.3) is 0 Å². The first-order chi connectivity index (χ1) is 8.84. The minimum absolute atomic E-state index is 0.194. The van der Waals surface area contributed by atoms with Gasteiger partial charge in [-0.1, -0.05) is 23.7 Å². The minimum atomic E-state index is -0.240. The average Bonchev–Trinajstić information content (AvgIpc) is 2.89. The highest BCUT2D eigenvalue weighted by atomic mass is 19.1. The van der Waals surface area contributed by atoms with Crippen molar-refractivity contribution in [3.8, 4) is 11.1 Å². The molecule has 1 saturated heterocycles. The summed E-state index contributed by atoms with van der Waals surface area (Å²) in [4.78, 5) is 0. The molecule has 2 aromatic rings. The van der Waals surface area contributed by atoms with Crippen molar-refractivity contribution in [3.05, 3.63) is 42.0 Å². The molecule has 3 nitrogen and oxygen atoms in total. The molecule has 0 bridgehead atoms. The van der Waals surface area contributed by atoms with Crippen LogP contribution in [0.15, 0.2) is 35.0 Å². The summed E-state index contributed by atoms with van der Waals surface area (Å²) in [5, 5.41) is 7.28. The van der Waals surface area contributed by atoms with Gasteiger partial charge in [0.15, 0.2) is 5.76 Å². The number of rotatable bonds is 2. The summed E-state index contributed by atoms with van der Waals surface area (Å²) in [6.07, 6.45) is 5.08. The van der Waals surface area contributed by atoms with E-state index in [2.05, 4.69) is 10.5 Å². The van der Waals surface area contributed by atoms with E-state index in [-0.39, 0.29) is 11.9 Å². The fourth-order valence-electron chi connectivity index (χ4n) is 2.45. The zero-order valence-electron chi connectivity index (χ0n) is 10.0. The van der Waals surface area contributed by atoms with Gasteiger partial charge in [-0.05, 0) is 37.1 Å². The van der Waals surface area contributed by atoms with Gasteiger partial charge < -0.3 is 9.84 Å². The first-order valence-corrected chi connectivity index (χ1v) is 6.28. The van der Waals surface area contributed by atoms with Gasteiger partial charge in [-0.15, -0.1) is 0 Å². The fourth-order valence-corrected chi connectivity index (χ4v) is 2.45. The molecule has 94 valence electrons. The van der Waals surface area contributed by atoms with Crippen LogP contribution >= 0.6 is 0 Å². The van der Waals surface area contributed by atoms with E-state index in [1.165, 1.54) is 25.0 Å². The first kappa shape index (κ1) is 11.4. The first-order valence-electron chi connectivity index (χ1n) is 6.28. The Morgan fingerprint density at radius 1 is 1.33 bits per heavy atom. The fraction of sp³-hybridized carbons (Fsp3) is 0.357. The molecule has 1 unspecified atom stereocenters. The minimum Gasteiger partial charge on any atom is -0.359 e. The third-order valence-corrected chi connectivity index (χ3v) is 3.36. The summed E-state index contributed by atoms with van der Waals surface area (Å²) < 4.78 is 18.6. The molecule has 3 rings (SSSR count). The lowest BCUT2D eigenvalue weighted by Crippen LogP contribution is -2.26. The van der Waals surface area contributed by atoms with E-state index < -0.39 is 0 Å². The molecule has 1 N–H and O–H groups in total. The Labute approximate surface area is 105 Å². The molecule has 0 saturated carbocycles. The van der Waals surface area contributed by atoms with Crippen LogP contribution in [-0.2, 0) is 0 Å². The topological polar surface area (TPSA) is 38.1 Å². The molecule has 0 radical (unpaired) electrons. The van der Waals surface area contributed by atoms with Crippen LogP contribution in [0, 0.1) is 5.82 Å². The highest BCUT2D eigenvalue weighted by molar-refractivity contribution is 5.65. The molecule has 18 heavy (non-hydrogen) atoms. The summed E-state index contributed by atoms with van der Waals surface area (Å²) in [5.41, 5.74) is 1.70. The van der Waals surface area contributed by atoms with Gasteiger partial charge in [0.1, 0.15) is 5.82 Å². The van der Waals surface area contributed by atoms with Crippen LogP contribution in [0.4, 0.5) is 4.39 Å². The van der Waals surface area contributed by atoms with E-state index in [9.17, 15) is 4.39 Å². The number of aromatic nitrogens is 1. The molecule has 2 heterocycles. The maximum absolute atomic E-state index is 13.3. The van der Waals surface area contributed by atoms with Crippen LogP contribution in [0.2, 0.25) is 0 Å². The van der Waals surface area contributed by atoms with Crippen LogP contribution in [0.25, 0.3) is 11.1 Å². The van der Waals surface area contributed by atoms with Crippen LogP contribution in [0.5, 0.6) is 0 Å². The van der Waals surface area contributed by atoms with Crippen molar-refractivity contribution >= 4 is 0 Å². The number of nitrogens with zero attached hydrogens (tertiary/aromatic N) is 1. The van der Waals surface area contributed by atoms with E-state index in [0.29, 0.717) is 0 Å². The van der Waals surface area contributed by atoms with Gasteiger partial charge in [-0.3, -0.25) is 0 Å². The van der Waals surface area contributed by atoms with E-state index in [4.69, 9.17) is 4.52 Å². The Morgan fingerprint density at radius 3 is 3.06 bits per heavy atom. The predicted molar refractivity (Wildman–Crippen MR) is 66.5 cm³/mol. The standard InChI is InChI=1S/C14H15FN2O/c15-11-5-3-4-10(8-11)12-9-17-18-14(12)13-6-1-2-7-16-13/h3-5,8-9,13,16H,1-2,6-7H2. The second kappa shape index (κ2) is 4.90. The van der Waals surface area contributed by atoms with Crippen LogP contribution in [0.3, 0.4) is 0 Å². The van der Waals surface area contributed by atoms with Crippen molar-refractivity contribution in [1.29, 1.82) is 0 Å². The SMILES string of the molecule is Fc1cccc(-c2cnoc2C2CCCCN2)c1. The van der Waals surface area contributed by atoms with Gasteiger partial charge in [0.05, 0.1) is 12.2 Å². The largest absolute Gasteiger partial charge is 0.359 e. The lowest BCUT2D eigenvalue weighted by atomic mass is 9.97. The third-order valence-electron chi connectivity index (χ3n) is 3.36. The lowest BCUT2D eigenvalue weighted by Gasteiger charge is -2.21. The summed E-state index contributed by atoms with van der Waals surface area (Å²) in [7, 11) is 0. The quantitative estimate of drug-likeness (QED) is 0.883. The average molecular weight is 246 g/mol. The van der Waals surface area contributed by atoms with Gasteiger partial charge in [0.2, 0.25) is 0 Å². The number of benzene rings is 1. The van der Waals surface area contributed by atoms with Crippen molar-refractivity contribution in [2.75, 3.05) is 6.54 Å². The van der Waals surface area contributed by atoms with Crippen molar-refractivity contribution in [1.82, 2.24) is 10.5 Å². The molecule has 1 fully saturated rings.